The zero-order valence-corrected chi connectivity index (χ0v) is 16.3. The zero-order valence-electron chi connectivity index (χ0n) is 16.3. The van der Waals surface area contributed by atoms with Crippen LogP contribution >= 0.6 is 0 Å². The van der Waals surface area contributed by atoms with Crippen LogP contribution < -0.4 is 0 Å². The lowest BCUT2D eigenvalue weighted by Gasteiger charge is -2.08. The van der Waals surface area contributed by atoms with E-state index in [1.54, 1.807) is 41.3 Å². The summed E-state index contributed by atoms with van der Waals surface area (Å²) in [4.78, 5) is 16.3. The number of carbonyl (C=O) groups is 1. The number of nitrogens with zero attached hydrogens (tertiary/aromatic N) is 4. The highest BCUT2D eigenvalue weighted by molar-refractivity contribution is 6.15. The van der Waals surface area contributed by atoms with E-state index in [1.165, 1.54) is 6.92 Å². The fraction of sp³-hybridized carbons (Fsp3) is 0.143. The lowest BCUT2D eigenvalue weighted by molar-refractivity contribution is -0.137. The summed E-state index contributed by atoms with van der Waals surface area (Å²) in [6.07, 6.45) is 4.24. The van der Waals surface area contributed by atoms with Crippen LogP contribution in [0.3, 0.4) is 0 Å². The molecule has 7 nitrogen and oxygen atoms in total. The van der Waals surface area contributed by atoms with Crippen molar-refractivity contribution in [1.82, 2.24) is 15.0 Å². The van der Waals surface area contributed by atoms with Crippen LogP contribution in [-0.2, 0) is 16.1 Å². The molecule has 1 heterocycles. The van der Waals surface area contributed by atoms with E-state index in [-0.39, 0.29) is 12.7 Å². The van der Waals surface area contributed by atoms with Gasteiger partial charge in [0.15, 0.2) is 11.6 Å². The summed E-state index contributed by atoms with van der Waals surface area (Å²) in [5.74, 6) is -5.99. The van der Waals surface area contributed by atoms with Gasteiger partial charge in [0.2, 0.25) is 0 Å². The number of esters is 1. The van der Waals surface area contributed by atoms with E-state index in [9.17, 15) is 23.1 Å². The quantitative estimate of drug-likeness (QED) is 0.201. The Labute approximate surface area is 175 Å². The molecule has 160 valence electrons. The molecule has 0 aliphatic carbocycles. The molecule has 1 N–H and O–H groups in total. The van der Waals surface area contributed by atoms with Crippen molar-refractivity contribution in [3.05, 3.63) is 82.9 Å². The molecular weight excluding hydrogens is 413 g/mol. The predicted molar refractivity (Wildman–Crippen MR) is 106 cm³/mol. The maximum atomic E-state index is 14.0. The molecule has 0 saturated heterocycles. The summed E-state index contributed by atoms with van der Waals surface area (Å²) in [6.45, 7) is 2.00. The SMILES string of the molecule is CCOC(=O)C(C=Nc1ccc(Cn2ccnn2)cc1)=C(O)c1cc(F)c(F)cc1F. The van der Waals surface area contributed by atoms with Crippen molar-refractivity contribution in [2.75, 3.05) is 6.61 Å². The van der Waals surface area contributed by atoms with Crippen LogP contribution in [0.4, 0.5) is 18.9 Å². The third-order valence-corrected chi connectivity index (χ3v) is 4.11. The molecule has 0 spiro atoms. The summed E-state index contributed by atoms with van der Waals surface area (Å²) in [7, 11) is 0. The van der Waals surface area contributed by atoms with Crippen LogP contribution in [0.15, 0.2) is 59.4 Å². The van der Waals surface area contributed by atoms with Gasteiger partial charge in [-0.3, -0.25) is 4.99 Å². The van der Waals surface area contributed by atoms with Crippen LogP contribution in [0.2, 0.25) is 0 Å². The number of hydrogen-bond acceptors (Lipinski definition) is 6. The average Bonchev–Trinajstić information content (AvgIpc) is 3.25. The number of aromatic nitrogens is 3. The van der Waals surface area contributed by atoms with Crippen LogP contribution in [0, 0.1) is 17.5 Å². The Bertz CT molecular complexity index is 1130. The number of hydrogen-bond donors (Lipinski definition) is 1. The Morgan fingerprint density at radius 2 is 1.87 bits per heavy atom. The van der Waals surface area contributed by atoms with Gasteiger partial charge in [-0.25, -0.2) is 22.6 Å². The van der Waals surface area contributed by atoms with Crippen molar-refractivity contribution < 1.29 is 27.8 Å². The number of benzene rings is 2. The highest BCUT2D eigenvalue weighted by Crippen LogP contribution is 2.23. The summed E-state index contributed by atoms with van der Waals surface area (Å²) < 4.78 is 47.2. The Morgan fingerprint density at radius 1 is 1.16 bits per heavy atom. The first-order valence-corrected chi connectivity index (χ1v) is 9.11. The van der Waals surface area contributed by atoms with Gasteiger partial charge in [0, 0.05) is 18.5 Å². The van der Waals surface area contributed by atoms with Crippen molar-refractivity contribution in [3.8, 4) is 0 Å². The standard InChI is InChI=1S/C21H17F3N4O3/c1-2-31-21(30)16(20(29)15-9-18(23)19(24)10-17(15)22)11-25-14-5-3-13(4-6-14)12-28-8-7-26-27-28/h3-11,29H,2,12H2,1H3. The van der Waals surface area contributed by atoms with E-state index >= 15 is 0 Å². The summed E-state index contributed by atoms with van der Waals surface area (Å²) in [6, 6.07) is 7.58. The van der Waals surface area contributed by atoms with Gasteiger partial charge in [-0.15, -0.1) is 5.10 Å². The van der Waals surface area contributed by atoms with Crippen LogP contribution in [0.1, 0.15) is 18.1 Å². The van der Waals surface area contributed by atoms with Crippen LogP contribution in [0.25, 0.3) is 5.76 Å². The first kappa shape index (κ1) is 21.8. The summed E-state index contributed by atoms with van der Waals surface area (Å²) in [5, 5.41) is 18.0. The number of aliphatic imine (C=N–C) groups is 1. The minimum atomic E-state index is -1.42. The lowest BCUT2D eigenvalue weighted by Crippen LogP contribution is -2.12. The molecule has 0 radical (unpaired) electrons. The van der Waals surface area contributed by atoms with Gasteiger partial charge in [0.05, 0.1) is 30.6 Å². The van der Waals surface area contributed by atoms with Gasteiger partial charge in [0.1, 0.15) is 17.1 Å². The second kappa shape index (κ2) is 9.70. The minimum Gasteiger partial charge on any atom is -0.506 e. The van der Waals surface area contributed by atoms with Crippen molar-refractivity contribution >= 4 is 23.6 Å². The molecule has 0 saturated carbocycles. The van der Waals surface area contributed by atoms with Crippen LogP contribution in [0.5, 0.6) is 0 Å². The number of ether oxygens (including phenoxy) is 1. The molecule has 0 fully saturated rings. The molecule has 0 bridgehead atoms. The molecule has 3 aromatic rings. The predicted octanol–water partition coefficient (Wildman–Crippen LogP) is 3.98. The lowest BCUT2D eigenvalue weighted by atomic mass is 10.1. The topological polar surface area (TPSA) is 89.6 Å². The molecular formula is C21H17F3N4O3. The maximum Gasteiger partial charge on any atom is 0.343 e. The molecule has 0 aliphatic rings. The fourth-order valence-electron chi connectivity index (χ4n) is 2.60. The van der Waals surface area contributed by atoms with E-state index < -0.39 is 40.3 Å². The second-order valence-electron chi connectivity index (χ2n) is 6.25. The number of aliphatic hydroxyl groups excluding tert-OH is 1. The molecule has 3 rings (SSSR count). The number of carbonyl (C=O) groups excluding carboxylic acids is 1. The molecule has 0 unspecified atom stereocenters. The number of rotatable bonds is 7. The first-order chi connectivity index (χ1) is 14.9. The third kappa shape index (κ3) is 5.35. The van der Waals surface area contributed by atoms with Crippen molar-refractivity contribution in [3.63, 3.8) is 0 Å². The maximum absolute atomic E-state index is 14.0. The van der Waals surface area contributed by atoms with Gasteiger partial charge >= 0.3 is 5.97 Å². The number of aliphatic hydroxyl groups is 1. The molecule has 0 atom stereocenters. The molecule has 10 heteroatoms. The Hall–Kier alpha value is -3.95. The van der Waals surface area contributed by atoms with E-state index in [0.717, 1.165) is 11.8 Å². The zero-order chi connectivity index (χ0) is 22.4. The fourth-order valence-corrected chi connectivity index (χ4v) is 2.60. The molecule has 2 aromatic carbocycles. The van der Waals surface area contributed by atoms with Crippen molar-refractivity contribution in [1.29, 1.82) is 0 Å². The van der Waals surface area contributed by atoms with Gasteiger partial charge in [-0.1, -0.05) is 17.3 Å². The smallest absolute Gasteiger partial charge is 0.343 e. The third-order valence-electron chi connectivity index (χ3n) is 4.11. The van der Waals surface area contributed by atoms with Gasteiger partial charge in [0.25, 0.3) is 0 Å². The highest BCUT2D eigenvalue weighted by Gasteiger charge is 2.21. The van der Waals surface area contributed by atoms with E-state index in [2.05, 4.69) is 15.3 Å². The monoisotopic (exact) mass is 430 g/mol. The largest absolute Gasteiger partial charge is 0.506 e. The van der Waals surface area contributed by atoms with E-state index in [4.69, 9.17) is 4.74 Å². The van der Waals surface area contributed by atoms with Gasteiger partial charge in [-0.2, -0.15) is 0 Å². The summed E-state index contributed by atoms with van der Waals surface area (Å²) >= 11 is 0. The van der Waals surface area contributed by atoms with Gasteiger partial charge in [-0.05, 0) is 30.7 Å². The average molecular weight is 430 g/mol. The Morgan fingerprint density at radius 3 is 2.52 bits per heavy atom. The highest BCUT2D eigenvalue weighted by atomic mass is 19.2. The molecule has 31 heavy (non-hydrogen) atoms. The number of halogens is 3. The Balaban J connectivity index is 1.90. The first-order valence-electron chi connectivity index (χ1n) is 9.11. The van der Waals surface area contributed by atoms with Crippen molar-refractivity contribution in [2.24, 2.45) is 4.99 Å². The Kier molecular flexibility index (Phi) is 6.81. The molecule has 1 aromatic heterocycles. The van der Waals surface area contributed by atoms with Crippen molar-refractivity contribution in [2.45, 2.75) is 13.5 Å². The van der Waals surface area contributed by atoms with E-state index in [0.29, 0.717) is 18.3 Å². The minimum absolute atomic E-state index is 0.0271. The normalized spacial score (nSPS) is 12.1. The second-order valence-corrected chi connectivity index (χ2v) is 6.25. The van der Waals surface area contributed by atoms with E-state index in [1.807, 2.05) is 0 Å². The van der Waals surface area contributed by atoms with Gasteiger partial charge < -0.3 is 9.84 Å². The summed E-state index contributed by atoms with van der Waals surface area (Å²) in [5.41, 5.74) is 0.120. The molecule has 0 aliphatic heterocycles. The molecule has 0 amide bonds. The van der Waals surface area contributed by atoms with Crippen LogP contribution in [-0.4, -0.2) is 38.9 Å².